The van der Waals surface area contributed by atoms with E-state index in [1.165, 1.54) is 0 Å². The average Bonchev–Trinajstić information content (AvgIpc) is 3.07. The maximum Gasteiger partial charge on any atom is 0.320 e. The van der Waals surface area contributed by atoms with E-state index in [9.17, 15) is 9.90 Å². The van der Waals surface area contributed by atoms with E-state index in [1.54, 1.807) is 24.3 Å². The molecule has 26 heavy (non-hydrogen) atoms. The summed E-state index contributed by atoms with van der Waals surface area (Å²) in [7, 11) is 0. The Morgan fingerprint density at radius 3 is 2.62 bits per heavy atom. The van der Waals surface area contributed by atoms with Crippen molar-refractivity contribution in [1.82, 2.24) is 4.90 Å². The summed E-state index contributed by atoms with van der Waals surface area (Å²) in [4.78, 5) is 13.3. The van der Waals surface area contributed by atoms with Gasteiger partial charge in [0.05, 0.1) is 0 Å². The summed E-state index contributed by atoms with van der Waals surface area (Å²) in [6, 6.07) is 14.2. The summed E-state index contributed by atoms with van der Waals surface area (Å²) in [6.45, 7) is 3.29. The van der Waals surface area contributed by atoms with E-state index in [2.05, 4.69) is 0 Å². The zero-order valence-corrected chi connectivity index (χ0v) is 15.4. The number of hydrogen-bond acceptors (Lipinski definition) is 4. The average molecular weight is 376 g/mol. The van der Waals surface area contributed by atoms with E-state index >= 15 is 0 Å². The maximum absolute atomic E-state index is 11.3. The number of hydrogen-bond donors (Lipinski definition) is 1. The van der Waals surface area contributed by atoms with Crippen LogP contribution in [-0.4, -0.2) is 41.2 Å². The maximum atomic E-state index is 11.3. The van der Waals surface area contributed by atoms with Crippen molar-refractivity contribution in [3.63, 3.8) is 0 Å². The monoisotopic (exact) mass is 375 g/mol. The second kappa shape index (κ2) is 8.43. The lowest BCUT2D eigenvalue weighted by atomic mass is 10.2. The first-order valence-electron chi connectivity index (χ1n) is 8.69. The van der Waals surface area contributed by atoms with Crippen LogP contribution in [0.25, 0.3) is 0 Å². The lowest BCUT2D eigenvalue weighted by molar-refractivity contribution is -0.142. The molecule has 1 heterocycles. The fourth-order valence-electron chi connectivity index (χ4n) is 3.17. The Morgan fingerprint density at radius 1 is 1.23 bits per heavy atom. The van der Waals surface area contributed by atoms with Gasteiger partial charge in [0, 0.05) is 11.6 Å². The van der Waals surface area contributed by atoms with Gasteiger partial charge in [0.1, 0.15) is 17.9 Å². The SMILES string of the molecule is C[C@H](CN1CCC[C@H]1C(=O)O)Oc1ccccc1Oc1ccc(Cl)cc1. The van der Waals surface area contributed by atoms with Crippen LogP contribution >= 0.6 is 11.6 Å². The van der Waals surface area contributed by atoms with Crippen LogP contribution in [0.4, 0.5) is 0 Å². The molecule has 1 aliphatic rings. The molecule has 0 unspecified atom stereocenters. The first-order chi connectivity index (χ1) is 12.5. The van der Waals surface area contributed by atoms with Gasteiger partial charge in [-0.1, -0.05) is 23.7 Å². The molecule has 1 saturated heterocycles. The molecule has 5 nitrogen and oxygen atoms in total. The van der Waals surface area contributed by atoms with Gasteiger partial charge in [-0.05, 0) is 62.7 Å². The van der Waals surface area contributed by atoms with Gasteiger partial charge >= 0.3 is 5.97 Å². The Hall–Kier alpha value is -2.24. The van der Waals surface area contributed by atoms with Crippen LogP contribution in [0, 0.1) is 0 Å². The molecule has 0 radical (unpaired) electrons. The lowest BCUT2D eigenvalue weighted by Crippen LogP contribution is -2.41. The first-order valence-corrected chi connectivity index (χ1v) is 9.06. The van der Waals surface area contributed by atoms with Crippen LogP contribution in [0.3, 0.4) is 0 Å². The molecule has 1 fully saturated rings. The molecule has 138 valence electrons. The highest BCUT2D eigenvalue weighted by atomic mass is 35.5. The molecule has 0 bridgehead atoms. The van der Waals surface area contributed by atoms with Crippen molar-refractivity contribution in [3.8, 4) is 17.2 Å². The molecule has 3 rings (SSSR count). The first kappa shape index (κ1) is 18.5. The Labute approximate surface area is 158 Å². The molecule has 0 saturated carbocycles. The summed E-state index contributed by atoms with van der Waals surface area (Å²) in [5, 5.41) is 9.95. The summed E-state index contributed by atoms with van der Waals surface area (Å²) in [5.74, 6) is 1.14. The number of carboxylic acids is 1. The smallest absolute Gasteiger partial charge is 0.320 e. The van der Waals surface area contributed by atoms with Gasteiger partial charge in [0.15, 0.2) is 11.5 Å². The quantitative estimate of drug-likeness (QED) is 0.774. The van der Waals surface area contributed by atoms with Crippen molar-refractivity contribution >= 4 is 17.6 Å². The molecule has 6 heteroatoms. The van der Waals surface area contributed by atoms with Gasteiger partial charge in [0.25, 0.3) is 0 Å². The van der Waals surface area contributed by atoms with E-state index in [1.807, 2.05) is 36.1 Å². The minimum atomic E-state index is -0.763. The van der Waals surface area contributed by atoms with E-state index in [0.717, 1.165) is 13.0 Å². The fraction of sp³-hybridized carbons (Fsp3) is 0.350. The van der Waals surface area contributed by atoms with Crippen molar-refractivity contribution in [3.05, 3.63) is 53.6 Å². The number of ether oxygens (including phenoxy) is 2. The molecule has 1 aliphatic heterocycles. The number of likely N-dealkylation sites (tertiary alicyclic amines) is 1. The predicted molar refractivity (Wildman–Crippen MR) is 100 cm³/mol. The zero-order valence-electron chi connectivity index (χ0n) is 14.6. The number of aliphatic carboxylic acids is 1. The number of carbonyl (C=O) groups is 1. The van der Waals surface area contributed by atoms with Crippen LogP contribution in [0.5, 0.6) is 17.2 Å². The summed E-state index contributed by atoms with van der Waals surface area (Å²) < 4.78 is 11.9. The molecule has 2 aromatic rings. The third-order valence-electron chi connectivity index (χ3n) is 4.36. The van der Waals surface area contributed by atoms with Gasteiger partial charge in [0.2, 0.25) is 0 Å². The Bertz CT molecular complexity index is 750. The molecule has 2 aromatic carbocycles. The van der Waals surface area contributed by atoms with Gasteiger partial charge in [-0.25, -0.2) is 0 Å². The number of rotatable bonds is 7. The molecule has 1 N–H and O–H groups in total. The highest BCUT2D eigenvalue weighted by molar-refractivity contribution is 6.30. The molecule has 0 aliphatic carbocycles. The normalized spacial score (nSPS) is 18.5. The van der Waals surface area contributed by atoms with Gasteiger partial charge in [-0.2, -0.15) is 0 Å². The van der Waals surface area contributed by atoms with E-state index in [4.69, 9.17) is 21.1 Å². The van der Waals surface area contributed by atoms with Crippen molar-refractivity contribution in [2.24, 2.45) is 0 Å². The Morgan fingerprint density at radius 2 is 1.92 bits per heavy atom. The van der Waals surface area contributed by atoms with Crippen LogP contribution in [0.15, 0.2) is 48.5 Å². The number of para-hydroxylation sites is 2. The Balaban J connectivity index is 1.66. The lowest BCUT2D eigenvalue weighted by Gasteiger charge is -2.25. The standard InChI is InChI=1S/C20H22ClNO4/c1-14(13-22-12-4-5-17(22)20(23)24)25-18-6-2-3-7-19(18)26-16-10-8-15(21)9-11-16/h2-3,6-11,14,17H,4-5,12-13H2,1H3,(H,23,24)/t14-,17+/m1/s1. The molecular weight excluding hydrogens is 354 g/mol. The van der Waals surface area contributed by atoms with Crippen molar-refractivity contribution in [2.45, 2.75) is 31.9 Å². The van der Waals surface area contributed by atoms with Crippen LogP contribution in [-0.2, 0) is 4.79 Å². The molecule has 2 atom stereocenters. The molecular formula is C20H22ClNO4. The molecule has 0 aromatic heterocycles. The number of halogens is 1. The summed E-state index contributed by atoms with van der Waals surface area (Å²) >= 11 is 5.90. The van der Waals surface area contributed by atoms with E-state index in [-0.39, 0.29) is 6.10 Å². The van der Waals surface area contributed by atoms with Crippen molar-refractivity contribution in [1.29, 1.82) is 0 Å². The second-order valence-corrected chi connectivity index (χ2v) is 6.86. The molecule has 0 amide bonds. The van der Waals surface area contributed by atoms with E-state index < -0.39 is 12.0 Å². The Kier molecular flexibility index (Phi) is 6.01. The molecule has 0 spiro atoms. The topological polar surface area (TPSA) is 59.0 Å². The number of nitrogens with zero attached hydrogens (tertiary/aromatic N) is 1. The predicted octanol–water partition coefficient (Wildman–Crippen LogP) is 4.45. The second-order valence-electron chi connectivity index (χ2n) is 6.42. The highest BCUT2D eigenvalue weighted by Gasteiger charge is 2.31. The number of benzene rings is 2. The van der Waals surface area contributed by atoms with Crippen LogP contribution < -0.4 is 9.47 Å². The third kappa shape index (κ3) is 4.68. The number of carboxylic acid groups (broad SMARTS) is 1. The van der Waals surface area contributed by atoms with Gasteiger partial charge in [-0.3, -0.25) is 9.69 Å². The minimum Gasteiger partial charge on any atom is -0.485 e. The van der Waals surface area contributed by atoms with Gasteiger partial charge < -0.3 is 14.6 Å². The summed E-state index contributed by atoms with van der Waals surface area (Å²) in [6.07, 6.45) is 1.43. The van der Waals surface area contributed by atoms with E-state index in [0.29, 0.717) is 35.2 Å². The van der Waals surface area contributed by atoms with Crippen molar-refractivity contribution < 1.29 is 19.4 Å². The fourth-order valence-corrected chi connectivity index (χ4v) is 3.30. The van der Waals surface area contributed by atoms with Crippen LogP contribution in [0.1, 0.15) is 19.8 Å². The minimum absolute atomic E-state index is 0.162. The van der Waals surface area contributed by atoms with Crippen molar-refractivity contribution in [2.75, 3.05) is 13.1 Å². The highest BCUT2D eigenvalue weighted by Crippen LogP contribution is 2.32. The van der Waals surface area contributed by atoms with Gasteiger partial charge in [-0.15, -0.1) is 0 Å². The zero-order chi connectivity index (χ0) is 18.5. The van der Waals surface area contributed by atoms with Crippen LogP contribution in [0.2, 0.25) is 5.02 Å². The third-order valence-corrected chi connectivity index (χ3v) is 4.61. The summed E-state index contributed by atoms with van der Waals surface area (Å²) in [5.41, 5.74) is 0. The largest absolute Gasteiger partial charge is 0.485 e.